The third-order valence-corrected chi connectivity index (χ3v) is 3.96. The monoisotopic (exact) mass is 382 g/mol. The quantitative estimate of drug-likeness (QED) is 0.540. The molecule has 0 aliphatic rings. The van der Waals surface area contributed by atoms with E-state index in [0.29, 0.717) is 36.1 Å². The summed E-state index contributed by atoms with van der Waals surface area (Å²) >= 11 is 0. The summed E-state index contributed by atoms with van der Waals surface area (Å²) in [6.07, 6.45) is 0. The number of aromatic nitrogens is 2. The van der Waals surface area contributed by atoms with Crippen molar-refractivity contribution in [3.05, 3.63) is 59.5 Å². The molecule has 3 aromatic rings. The molecule has 1 heterocycles. The lowest BCUT2D eigenvalue weighted by atomic mass is 10.1. The number of hydrogen-bond donors (Lipinski definition) is 0. The Kier molecular flexibility index (Phi) is 6.26. The molecule has 28 heavy (non-hydrogen) atoms. The first-order valence-electron chi connectivity index (χ1n) is 9.07. The summed E-state index contributed by atoms with van der Waals surface area (Å²) < 4.78 is 21.5. The zero-order valence-corrected chi connectivity index (χ0v) is 16.1. The molecule has 3 rings (SSSR count). The predicted octanol–water partition coefficient (Wildman–Crippen LogP) is 4.20. The minimum absolute atomic E-state index is 0.116. The van der Waals surface area contributed by atoms with Gasteiger partial charge in [0, 0.05) is 5.56 Å². The lowest BCUT2D eigenvalue weighted by molar-refractivity contribution is 0.0429. The minimum atomic E-state index is -0.514. The summed E-state index contributed by atoms with van der Waals surface area (Å²) in [7, 11) is 0. The van der Waals surface area contributed by atoms with E-state index in [1.54, 1.807) is 18.2 Å². The van der Waals surface area contributed by atoms with Gasteiger partial charge in [-0.15, -0.1) is 0 Å². The lowest BCUT2D eigenvalue weighted by Gasteiger charge is -2.11. The Morgan fingerprint density at radius 1 is 1.04 bits per heavy atom. The molecule has 0 amide bonds. The van der Waals surface area contributed by atoms with Crippen molar-refractivity contribution in [2.45, 2.75) is 27.4 Å². The molecule has 2 aromatic carbocycles. The van der Waals surface area contributed by atoms with Crippen LogP contribution in [0.5, 0.6) is 11.5 Å². The van der Waals surface area contributed by atoms with Crippen LogP contribution in [0.3, 0.4) is 0 Å². The van der Waals surface area contributed by atoms with Crippen molar-refractivity contribution < 1.29 is 23.5 Å². The average Bonchev–Trinajstić information content (AvgIpc) is 3.17. The molecular formula is C21H22N2O5. The van der Waals surface area contributed by atoms with Gasteiger partial charge in [-0.2, -0.15) is 4.98 Å². The second-order valence-corrected chi connectivity index (χ2v) is 5.93. The largest absolute Gasteiger partial charge is 0.490 e. The van der Waals surface area contributed by atoms with Crippen LogP contribution in [0, 0.1) is 6.92 Å². The molecule has 0 aliphatic carbocycles. The van der Waals surface area contributed by atoms with Gasteiger partial charge in [-0.3, -0.25) is 0 Å². The third kappa shape index (κ3) is 4.49. The Morgan fingerprint density at radius 2 is 1.79 bits per heavy atom. The molecule has 0 N–H and O–H groups in total. The summed E-state index contributed by atoms with van der Waals surface area (Å²) in [6, 6.07) is 12.6. The van der Waals surface area contributed by atoms with Gasteiger partial charge in [-0.25, -0.2) is 4.79 Å². The van der Waals surface area contributed by atoms with E-state index < -0.39 is 5.97 Å². The molecule has 0 fully saturated rings. The molecule has 146 valence electrons. The highest BCUT2D eigenvalue weighted by atomic mass is 16.6. The van der Waals surface area contributed by atoms with E-state index in [1.165, 1.54) is 0 Å². The van der Waals surface area contributed by atoms with E-state index in [4.69, 9.17) is 18.7 Å². The van der Waals surface area contributed by atoms with Crippen molar-refractivity contribution in [1.82, 2.24) is 10.1 Å². The Hall–Kier alpha value is -3.35. The zero-order chi connectivity index (χ0) is 19.9. The summed E-state index contributed by atoms with van der Waals surface area (Å²) in [6.45, 7) is 6.56. The molecule has 0 radical (unpaired) electrons. The van der Waals surface area contributed by atoms with E-state index >= 15 is 0 Å². The van der Waals surface area contributed by atoms with Gasteiger partial charge in [0.1, 0.15) is 0 Å². The highest BCUT2D eigenvalue weighted by molar-refractivity contribution is 5.90. The third-order valence-electron chi connectivity index (χ3n) is 3.96. The van der Waals surface area contributed by atoms with Crippen molar-refractivity contribution in [2.75, 3.05) is 13.2 Å². The van der Waals surface area contributed by atoms with Gasteiger partial charge in [0.05, 0.1) is 18.8 Å². The van der Waals surface area contributed by atoms with Crippen LogP contribution in [0.15, 0.2) is 47.0 Å². The van der Waals surface area contributed by atoms with Gasteiger partial charge >= 0.3 is 5.97 Å². The van der Waals surface area contributed by atoms with Crippen molar-refractivity contribution >= 4 is 5.97 Å². The summed E-state index contributed by atoms with van der Waals surface area (Å²) in [5.41, 5.74) is 2.26. The summed E-state index contributed by atoms with van der Waals surface area (Å²) in [4.78, 5) is 16.7. The maximum atomic E-state index is 12.4. The van der Waals surface area contributed by atoms with Gasteiger partial charge in [0.15, 0.2) is 18.1 Å². The zero-order valence-electron chi connectivity index (χ0n) is 16.1. The fraction of sp³-hybridized carbons (Fsp3) is 0.286. The number of rotatable bonds is 8. The minimum Gasteiger partial charge on any atom is -0.490 e. The van der Waals surface area contributed by atoms with Crippen LogP contribution in [-0.4, -0.2) is 29.3 Å². The van der Waals surface area contributed by atoms with E-state index in [9.17, 15) is 4.79 Å². The van der Waals surface area contributed by atoms with Crippen LogP contribution in [0.4, 0.5) is 0 Å². The van der Waals surface area contributed by atoms with Crippen LogP contribution in [0.2, 0.25) is 0 Å². The number of esters is 1. The number of carbonyl (C=O) groups excluding carboxylic acids is 1. The first-order valence-corrected chi connectivity index (χ1v) is 9.07. The average molecular weight is 382 g/mol. The van der Waals surface area contributed by atoms with Crippen molar-refractivity contribution in [3.63, 3.8) is 0 Å². The predicted molar refractivity (Wildman–Crippen MR) is 102 cm³/mol. The van der Waals surface area contributed by atoms with Crippen LogP contribution in [0.25, 0.3) is 11.4 Å². The molecule has 0 saturated carbocycles. The summed E-state index contributed by atoms with van der Waals surface area (Å²) in [5, 5.41) is 3.95. The number of aryl methyl sites for hydroxylation is 1. The highest BCUT2D eigenvalue weighted by Crippen LogP contribution is 2.29. The molecule has 0 bridgehead atoms. The van der Waals surface area contributed by atoms with Crippen LogP contribution in [-0.2, 0) is 11.3 Å². The Labute approximate surface area is 163 Å². The van der Waals surface area contributed by atoms with Gasteiger partial charge in [0.2, 0.25) is 5.82 Å². The van der Waals surface area contributed by atoms with Crippen LogP contribution in [0.1, 0.15) is 35.7 Å². The standard InChI is InChI=1S/C21H22N2O5/c1-4-25-17-11-10-15(12-18(17)26-5-2)21(24)27-13-19-22-20(23-28-19)16-9-7-6-8-14(16)3/h6-12H,4-5,13H2,1-3H3. The van der Waals surface area contributed by atoms with E-state index in [1.807, 2.05) is 45.0 Å². The molecule has 0 saturated heterocycles. The molecule has 1 aromatic heterocycles. The van der Waals surface area contributed by atoms with Gasteiger partial charge in [-0.1, -0.05) is 29.4 Å². The lowest BCUT2D eigenvalue weighted by Crippen LogP contribution is -2.07. The molecule has 0 spiro atoms. The van der Waals surface area contributed by atoms with Crippen LogP contribution >= 0.6 is 0 Å². The normalized spacial score (nSPS) is 10.5. The molecular weight excluding hydrogens is 360 g/mol. The second kappa shape index (κ2) is 9.03. The second-order valence-electron chi connectivity index (χ2n) is 5.93. The smallest absolute Gasteiger partial charge is 0.338 e. The Morgan fingerprint density at radius 3 is 2.54 bits per heavy atom. The Bertz CT molecular complexity index is 951. The molecule has 7 heteroatoms. The van der Waals surface area contributed by atoms with Crippen LogP contribution < -0.4 is 9.47 Å². The fourth-order valence-corrected chi connectivity index (χ4v) is 2.64. The molecule has 7 nitrogen and oxygen atoms in total. The molecule has 0 aliphatic heterocycles. The van der Waals surface area contributed by atoms with E-state index in [-0.39, 0.29) is 12.5 Å². The highest BCUT2D eigenvalue weighted by Gasteiger charge is 2.15. The maximum absolute atomic E-state index is 12.4. The first-order chi connectivity index (χ1) is 13.6. The number of benzene rings is 2. The molecule has 0 atom stereocenters. The van der Waals surface area contributed by atoms with Crippen molar-refractivity contribution in [3.8, 4) is 22.9 Å². The number of carbonyl (C=O) groups is 1. The topological polar surface area (TPSA) is 83.7 Å². The van der Waals surface area contributed by atoms with Crippen molar-refractivity contribution in [1.29, 1.82) is 0 Å². The van der Waals surface area contributed by atoms with Gasteiger partial charge < -0.3 is 18.7 Å². The number of hydrogen-bond acceptors (Lipinski definition) is 7. The summed E-state index contributed by atoms with van der Waals surface area (Å²) in [5.74, 6) is 1.25. The number of ether oxygens (including phenoxy) is 3. The van der Waals surface area contributed by atoms with Gasteiger partial charge in [0.25, 0.3) is 5.89 Å². The first kappa shape index (κ1) is 19.4. The van der Waals surface area contributed by atoms with E-state index in [0.717, 1.165) is 11.1 Å². The van der Waals surface area contributed by atoms with Gasteiger partial charge in [-0.05, 0) is 44.5 Å². The fourth-order valence-electron chi connectivity index (χ4n) is 2.64. The Balaban J connectivity index is 1.67. The molecule has 0 unspecified atom stereocenters. The van der Waals surface area contributed by atoms with Crippen molar-refractivity contribution in [2.24, 2.45) is 0 Å². The number of nitrogens with zero attached hydrogens (tertiary/aromatic N) is 2. The van der Waals surface area contributed by atoms with E-state index in [2.05, 4.69) is 10.1 Å². The SMILES string of the molecule is CCOc1ccc(C(=O)OCc2nc(-c3ccccc3C)no2)cc1OCC. The maximum Gasteiger partial charge on any atom is 0.338 e.